The number of aromatic nitrogens is 1. The fourth-order valence-electron chi connectivity index (χ4n) is 2.95. The number of hydrogen-bond acceptors (Lipinski definition) is 4. The molecule has 146 valence electrons. The molecule has 2 aromatic carbocycles. The Bertz CT molecular complexity index is 1030. The van der Waals surface area contributed by atoms with E-state index in [9.17, 15) is 14.4 Å². The maximum absolute atomic E-state index is 12.3. The van der Waals surface area contributed by atoms with Gasteiger partial charge >= 0.3 is 5.76 Å². The molecule has 0 aliphatic carbocycles. The number of likely N-dealkylation sites (N-methyl/N-ethyl adjacent to an activating group) is 1. The monoisotopic (exact) mass is 381 g/mol. The van der Waals surface area contributed by atoms with E-state index in [4.69, 9.17) is 4.42 Å². The van der Waals surface area contributed by atoms with E-state index in [-0.39, 0.29) is 24.8 Å². The predicted molar refractivity (Wildman–Crippen MR) is 107 cm³/mol. The molecule has 0 bridgehead atoms. The second-order valence-corrected chi connectivity index (χ2v) is 6.75. The molecule has 0 unspecified atom stereocenters. The first kappa shape index (κ1) is 19.4. The lowest BCUT2D eigenvalue weighted by Crippen LogP contribution is -2.35. The molecule has 0 radical (unpaired) electrons. The number of para-hydroxylation sites is 2. The second-order valence-electron chi connectivity index (χ2n) is 6.75. The van der Waals surface area contributed by atoms with E-state index in [2.05, 4.69) is 5.32 Å². The highest BCUT2D eigenvalue weighted by Crippen LogP contribution is 2.13. The number of hydrogen-bond donors (Lipinski definition) is 1. The average Bonchev–Trinajstić information content (AvgIpc) is 2.99. The molecule has 28 heavy (non-hydrogen) atoms. The average molecular weight is 381 g/mol. The summed E-state index contributed by atoms with van der Waals surface area (Å²) in [6.45, 7) is 2.32. The van der Waals surface area contributed by atoms with E-state index in [0.717, 1.165) is 5.56 Å². The van der Waals surface area contributed by atoms with Crippen molar-refractivity contribution in [3.8, 4) is 0 Å². The summed E-state index contributed by atoms with van der Waals surface area (Å²) in [6, 6.07) is 14.6. The van der Waals surface area contributed by atoms with Crippen molar-refractivity contribution in [1.82, 2.24) is 9.47 Å². The molecule has 0 aliphatic rings. The van der Waals surface area contributed by atoms with Gasteiger partial charge in [0, 0.05) is 25.7 Å². The van der Waals surface area contributed by atoms with Crippen LogP contribution in [0.3, 0.4) is 0 Å². The fraction of sp³-hybridized carbons (Fsp3) is 0.286. The Labute approximate surface area is 162 Å². The van der Waals surface area contributed by atoms with Gasteiger partial charge in [-0.25, -0.2) is 4.79 Å². The molecule has 0 aliphatic heterocycles. The second kappa shape index (κ2) is 8.56. The third-order valence-corrected chi connectivity index (χ3v) is 4.49. The first-order valence-corrected chi connectivity index (χ1v) is 9.13. The summed E-state index contributed by atoms with van der Waals surface area (Å²) >= 11 is 0. The summed E-state index contributed by atoms with van der Waals surface area (Å²) in [4.78, 5) is 37.7. The van der Waals surface area contributed by atoms with Gasteiger partial charge in [0.1, 0.15) is 0 Å². The van der Waals surface area contributed by atoms with Gasteiger partial charge in [-0.15, -0.1) is 0 Å². The minimum Gasteiger partial charge on any atom is -0.408 e. The number of anilines is 1. The molecule has 1 aromatic heterocycles. The Balaban J connectivity index is 1.48. The van der Waals surface area contributed by atoms with Crippen LogP contribution in [0.5, 0.6) is 0 Å². The third kappa shape index (κ3) is 4.68. The molecular formula is C21H23N3O4. The van der Waals surface area contributed by atoms with Crippen LogP contribution in [0.25, 0.3) is 11.1 Å². The molecule has 0 saturated heterocycles. The molecule has 3 rings (SSSR count). The maximum Gasteiger partial charge on any atom is 0.419 e. The number of oxazole rings is 1. The number of carbonyl (C=O) groups excluding carboxylic acids is 2. The number of nitrogens with one attached hydrogen (secondary N) is 1. The molecule has 7 heteroatoms. The van der Waals surface area contributed by atoms with E-state index < -0.39 is 5.76 Å². The molecule has 1 heterocycles. The van der Waals surface area contributed by atoms with Gasteiger partial charge in [-0.1, -0.05) is 29.8 Å². The number of nitrogens with zero attached hydrogens (tertiary/aromatic N) is 2. The minimum absolute atomic E-state index is 0.0265. The molecule has 3 aromatic rings. The number of aryl methyl sites for hydroxylation is 2. The van der Waals surface area contributed by atoms with Gasteiger partial charge in [0.15, 0.2) is 5.58 Å². The van der Waals surface area contributed by atoms with Crippen molar-refractivity contribution in [3.05, 3.63) is 64.6 Å². The topological polar surface area (TPSA) is 84.5 Å². The van der Waals surface area contributed by atoms with Crippen molar-refractivity contribution in [2.75, 3.05) is 18.9 Å². The SMILES string of the molecule is Cc1ccc(NC(=O)CN(C)C(=O)CCCn2c(=O)oc3ccccc32)cc1. The van der Waals surface area contributed by atoms with Crippen molar-refractivity contribution in [1.29, 1.82) is 0 Å². The Morgan fingerprint density at radius 2 is 1.82 bits per heavy atom. The van der Waals surface area contributed by atoms with E-state index in [1.165, 1.54) is 9.47 Å². The summed E-state index contributed by atoms with van der Waals surface area (Å²) in [5.41, 5.74) is 3.05. The van der Waals surface area contributed by atoms with Gasteiger partial charge in [0.2, 0.25) is 11.8 Å². The third-order valence-electron chi connectivity index (χ3n) is 4.49. The molecule has 1 N–H and O–H groups in total. The highest BCUT2D eigenvalue weighted by molar-refractivity contribution is 5.94. The molecule has 2 amide bonds. The quantitative estimate of drug-likeness (QED) is 0.682. The van der Waals surface area contributed by atoms with E-state index in [1.807, 2.05) is 43.3 Å². The Morgan fingerprint density at radius 1 is 1.11 bits per heavy atom. The van der Waals surface area contributed by atoms with Crippen LogP contribution in [0.15, 0.2) is 57.7 Å². The smallest absolute Gasteiger partial charge is 0.408 e. The van der Waals surface area contributed by atoms with Crippen molar-refractivity contribution in [2.24, 2.45) is 0 Å². The van der Waals surface area contributed by atoms with Crippen LogP contribution in [0.1, 0.15) is 18.4 Å². The van der Waals surface area contributed by atoms with E-state index in [0.29, 0.717) is 29.8 Å². The number of fused-ring (bicyclic) bond motifs is 1. The standard InChI is InChI=1S/C21H23N3O4/c1-15-9-11-16(12-10-15)22-19(25)14-23(2)20(26)8-5-13-24-17-6-3-4-7-18(17)28-21(24)27/h3-4,6-7,9-12H,5,8,13-14H2,1-2H3,(H,22,25). The van der Waals surface area contributed by atoms with Gasteiger partial charge in [-0.05, 0) is 37.6 Å². The lowest BCUT2D eigenvalue weighted by atomic mass is 10.2. The molecule has 0 spiro atoms. The zero-order valence-electron chi connectivity index (χ0n) is 16.0. The molecular weight excluding hydrogens is 358 g/mol. The van der Waals surface area contributed by atoms with Crippen molar-refractivity contribution >= 4 is 28.6 Å². The summed E-state index contributed by atoms with van der Waals surface area (Å²) in [6.07, 6.45) is 0.715. The minimum atomic E-state index is -0.431. The predicted octanol–water partition coefficient (Wildman–Crippen LogP) is 2.78. The molecule has 0 atom stereocenters. The van der Waals surface area contributed by atoms with Crippen LogP contribution in [-0.4, -0.2) is 34.9 Å². The molecule has 0 saturated carbocycles. The van der Waals surface area contributed by atoms with Crippen LogP contribution < -0.4 is 11.1 Å². The summed E-state index contributed by atoms with van der Waals surface area (Å²) in [5.74, 6) is -0.837. The summed E-state index contributed by atoms with van der Waals surface area (Å²) in [5, 5.41) is 2.77. The first-order chi connectivity index (χ1) is 13.4. The Morgan fingerprint density at radius 3 is 2.57 bits per heavy atom. The van der Waals surface area contributed by atoms with Crippen LogP contribution in [0, 0.1) is 6.92 Å². The van der Waals surface area contributed by atoms with E-state index in [1.54, 1.807) is 19.2 Å². The fourth-order valence-corrected chi connectivity index (χ4v) is 2.95. The zero-order chi connectivity index (χ0) is 20.1. The van der Waals surface area contributed by atoms with Gasteiger partial charge in [0.05, 0.1) is 12.1 Å². The largest absolute Gasteiger partial charge is 0.419 e. The van der Waals surface area contributed by atoms with Gasteiger partial charge in [-0.3, -0.25) is 14.2 Å². The van der Waals surface area contributed by atoms with Gasteiger partial charge in [0.25, 0.3) is 0 Å². The van der Waals surface area contributed by atoms with Gasteiger partial charge < -0.3 is 14.6 Å². The van der Waals surface area contributed by atoms with Gasteiger partial charge in [-0.2, -0.15) is 0 Å². The van der Waals surface area contributed by atoms with Crippen LogP contribution in [-0.2, 0) is 16.1 Å². The number of amides is 2. The molecule has 0 fully saturated rings. The lowest BCUT2D eigenvalue weighted by Gasteiger charge is -2.17. The lowest BCUT2D eigenvalue weighted by molar-refractivity contribution is -0.133. The summed E-state index contributed by atoms with van der Waals surface area (Å²) in [7, 11) is 1.59. The van der Waals surface area contributed by atoms with Crippen LogP contribution in [0.2, 0.25) is 0 Å². The summed E-state index contributed by atoms with van der Waals surface area (Å²) < 4.78 is 6.70. The number of benzene rings is 2. The Kier molecular flexibility index (Phi) is 5.93. The zero-order valence-corrected chi connectivity index (χ0v) is 16.0. The number of rotatable bonds is 7. The van der Waals surface area contributed by atoms with Crippen LogP contribution >= 0.6 is 0 Å². The normalized spacial score (nSPS) is 10.8. The Hall–Kier alpha value is -3.35. The molecule has 7 nitrogen and oxygen atoms in total. The van der Waals surface area contributed by atoms with Crippen molar-refractivity contribution in [2.45, 2.75) is 26.3 Å². The van der Waals surface area contributed by atoms with Crippen molar-refractivity contribution < 1.29 is 14.0 Å². The van der Waals surface area contributed by atoms with E-state index >= 15 is 0 Å². The highest BCUT2D eigenvalue weighted by atomic mass is 16.4. The van der Waals surface area contributed by atoms with Crippen LogP contribution in [0.4, 0.5) is 5.69 Å². The highest BCUT2D eigenvalue weighted by Gasteiger charge is 2.14. The van der Waals surface area contributed by atoms with Crippen molar-refractivity contribution in [3.63, 3.8) is 0 Å². The number of carbonyl (C=O) groups is 2. The first-order valence-electron chi connectivity index (χ1n) is 9.13. The maximum atomic E-state index is 12.3.